The first-order valence-electron chi connectivity index (χ1n) is 4.29. The van der Waals surface area contributed by atoms with Gasteiger partial charge in [-0.1, -0.05) is 6.07 Å². The van der Waals surface area contributed by atoms with Crippen LogP contribution in [0.3, 0.4) is 0 Å². The highest BCUT2D eigenvalue weighted by Crippen LogP contribution is 2.38. The second-order valence-electron chi connectivity index (χ2n) is 3.40. The minimum Gasteiger partial charge on any atom is -0.481 e. The third-order valence-corrected chi connectivity index (χ3v) is 3.07. The predicted molar refractivity (Wildman–Crippen MR) is 64.6 cm³/mol. The fourth-order valence-corrected chi connectivity index (χ4v) is 2.18. The number of benzene rings is 1. The summed E-state index contributed by atoms with van der Waals surface area (Å²) in [5, 5.41) is 9.04. The van der Waals surface area contributed by atoms with Crippen molar-refractivity contribution < 1.29 is 14.3 Å². The van der Waals surface area contributed by atoms with Crippen molar-refractivity contribution in [3.63, 3.8) is 0 Å². The fourth-order valence-electron chi connectivity index (χ4n) is 1.34. The van der Waals surface area contributed by atoms with E-state index in [0.29, 0.717) is 5.56 Å². The third-order valence-electron chi connectivity index (χ3n) is 2.03. The highest BCUT2D eigenvalue weighted by Gasteiger charge is 2.37. The number of rotatable bonds is 3. The average molecular weight is 330 g/mol. The van der Waals surface area contributed by atoms with E-state index >= 15 is 0 Å². The van der Waals surface area contributed by atoms with Crippen molar-refractivity contribution in [3.8, 4) is 0 Å². The Bertz CT molecular complexity index is 418. The molecule has 0 radical (unpaired) electrons. The molecule has 0 saturated carbocycles. The lowest BCUT2D eigenvalue weighted by Gasteiger charge is -2.22. The molecule has 1 rings (SSSR count). The zero-order chi connectivity index (χ0) is 12.5. The van der Waals surface area contributed by atoms with E-state index in [-0.39, 0.29) is 4.47 Å². The van der Waals surface area contributed by atoms with E-state index < -0.39 is 22.0 Å². The van der Waals surface area contributed by atoms with Gasteiger partial charge in [0.2, 0.25) is 0 Å². The molecule has 0 aliphatic heterocycles. The Labute approximate surface area is 110 Å². The minimum atomic E-state index is -1.47. The van der Waals surface area contributed by atoms with Crippen molar-refractivity contribution in [2.24, 2.45) is 0 Å². The van der Waals surface area contributed by atoms with E-state index in [1.54, 1.807) is 0 Å². The molecule has 0 saturated heterocycles. The molecule has 2 nitrogen and oxygen atoms in total. The number of hydrogen-bond donors (Lipinski definition) is 1. The molecule has 0 bridgehead atoms. The van der Waals surface area contributed by atoms with E-state index in [4.69, 9.17) is 28.3 Å². The summed E-state index contributed by atoms with van der Waals surface area (Å²) in [5.74, 6) is -2.75. The van der Waals surface area contributed by atoms with Crippen LogP contribution in [0, 0.1) is 5.82 Å². The maximum Gasteiger partial charge on any atom is 0.314 e. The number of halogens is 4. The second-order valence-corrected chi connectivity index (χ2v) is 6.02. The standard InChI is InChI=1S/C10H8BrCl2FO2/c1-10(12,13)8(9(15)16)5-2-3-7(14)6(11)4-5/h2-4,8H,1H3,(H,15,16)/t8-/m0/s1. The highest BCUT2D eigenvalue weighted by molar-refractivity contribution is 9.10. The monoisotopic (exact) mass is 328 g/mol. The van der Waals surface area contributed by atoms with Gasteiger partial charge in [0.1, 0.15) is 16.1 Å². The molecule has 6 heteroatoms. The molecule has 16 heavy (non-hydrogen) atoms. The molecular formula is C10H8BrCl2FO2. The first-order chi connectivity index (χ1) is 7.23. The fraction of sp³-hybridized carbons (Fsp3) is 0.300. The topological polar surface area (TPSA) is 37.3 Å². The second kappa shape index (κ2) is 4.90. The first-order valence-corrected chi connectivity index (χ1v) is 5.84. The van der Waals surface area contributed by atoms with Gasteiger partial charge in [-0.25, -0.2) is 4.39 Å². The van der Waals surface area contributed by atoms with Gasteiger partial charge in [-0.05, 0) is 40.5 Å². The summed E-state index contributed by atoms with van der Waals surface area (Å²) in [4.78, 5) is 11.1. The highest BCUT2D eigenvalue weighted by atomic mass is 79.9. The number of carbonyl (C=O) groups is 1. The summed E-state index contributed by atoms with van der Waals surface area (Å²) in [6.45, 7) is 1.38. The molecule has 1 atom stereocenters. The molecule has 0 fully saturated rings. The predicted octanol–water partition coefficient (Wildman–Crippen LogP) is 3.95. The summed E-state index contributed by atoms with van der Waals surface area (Å²) in [6.07, 6.45) is 0. The van der Waals surface area contributed by atoms with Crippen LogP contribution >= 0.6 is 39.1 Å². The Balaban J connectivity index is 3.22. The van der Waals surface area contributed by atoms with Crippen LogP contribution in [0.25, 0.3) is 0 Å². The van der Waals surface area contributed by atoms with Crippen LogP contribution in [0.2, 0.25) is 0 Å². The maximum atomic E-state index is 13.0. The van der Waals surface area contributed by atoms with E-state index in [9.17, 15) is 9.18 Å². The third kappa shape index (κ3) is 3.09. The van der Waals surface area contributed by atoms with Gasteiger partial charge in [0.15, 0.2) is 0 Å². The van der Waals surface area contributed by atoms with E-state index in [2.05, 4.69) is 15.9 Å². The van der Waals surface area contributed by atoms with E-state index in [1.807, 2.05) is 0 Å². The van der Waals surface area contributed by atoms with Crippen molar-refractivity contribution in [1.29, 1.82) is 0 Å². The molecule has 0 unspecified atom stereocenters. The van der Waals surface area contributed by atoms with Gasteiger partial charge in [0, 0.05) is 0 Å². The van der Waals surface area contributed by atoms with Gasteiger partial charge in [-0.15, -0.1) is 23.2 Å². The lowest BCUT2D eigenvalue weighted by Crippen LogP contribution is -2.27. The quantitative estimate of drug-likeness (QED) is 0.852. The summed E-state index contributed by atoms with van der Waals surface area (Å²) in [5.41, 5.74) is 0.341. The zero-order valence-corrected chi connectivity index (χ0v) is 11.3. The SMILES string of the molecule is CC(Cl)(Cl)[C@H](C(=O)O)c1ccc(F)c(Br)c1. The Kier molecular flexibility index (Phi) is 4.21. The average Bonchev–Trinajstić information content (AvgIpc) is 2.08. The molecule has 1 aromatic rings. The molecule has 1 aromatic carbocycles. The molecule has 0 aromatic heterocycles. The zero-order valence-electron chi connectivity index (χ0n) is 8.18. The van der Waals surface area contributed by atoms with Gasteiger partial charge < -0.3 is 5.11 Å². The largest absolute Gasteiger partial charge is 0.481 e. The number of carboxylic acids is 1. The van der Waals surface area contributed by atoms with Gasteiger partial charge in [0.05, 0.1) is 4.47 Å². The van der Waals surface area contributed by atoms with Crippen molar-refractivity contribution in [3.05, 3.63) is 34.1 Å². The van der Waals surface area contributed by atoms with E-state index in [1.165, 1.54) is 19.1 Å². The summed E-state index contributed by atoms with van der Waals surface area (Å²) >= 11 is 14.6. The summed E-state index contributed by atoms with van der Waals surface area (Å²) in [6, 6.07) is 3.87. The molecule has 88 valence electrons. The molecule has 0 aliphatic carbocycles. The number of aliphatic carboxylic acids is 1. The normalized spacial score (nSPS) is 13.6. The summed E-state index contributed by atoms with van der Waals surface area (Å²) in [7, 11) is 0. The van der Waals surface area contributed by atoms with E-state index in [0.717, 1.165) is 6.07 Å². The van der Waals surface area contributed by atoms with Crippen molar-refractivity contribution in [1.82, 2.24) is 0 Å². The van der Waals surface area contributed by atoms with Crippen LogP contribution in [0.5, 0.6) is 0 Å². The Morgan fingerprint density at radius 1 is 1.56 bits per heavy atom. The smallest absolute Gasteiger partial charge is 0.314 e. The van der Waals surface area contributed by atoms with Gasteiger partial charge in [-0.2, -0.15) is 0 Å². The number of alkyl halides is 2. The van der Waals surface area contributed by atoms with Crippen LogP contribution < -0.4 is 0 Å². The van der Waals surface area contributed by atoms with Crippen molar-refractivity contribution in [2.45, 2.75) is 17.2 Å². The first kappa shape index (κ1) is 13.7. The van der Waals surface area contributed by atoms with Gasteiger partial charge in [-0.3, -0.25) is 4.79 Å². The lowest BCUT2D eigenvalue weighted by atomic mass is 9.96. The molecular weight excluding hydrogens is 322 g/mol. The van der Waals surface area contributed by atoms with Crippen molar-refractivity contribution in [2.75, 3.05) is 0 Å². The molecule has 0 heterocycles. The van der Waals surface area contributed by atoms with Gasteiger partial charge in [0.25, 0.3) is 0 Å². The van der Waals surface area contributed by atoms with Crippen LogP contribution in [0.1, 0.15) is 18.4 Å². The molecule has 1 N–H and O–H groups in total. The number of hydrogen-bond acceptors (Lipinski definition) is 1. The maximum absolute atomic E-state index is 13.0. The van der Waals surface area contributed by atoms with Crippen molar-refractivity contribution >= 4 is 45.1 Å². The van der Waals surface area contributed by atoms with Gasteiger partial charge >= 0.3 is 5.97 Å². The van der Waals surface area contributed by atoms with Crippen LogP contribution in [-0.2, 0) is 4.79 Å². The molecule has 0 spiro atoms. The molecule has 0 aliphatic rings. The number of carboxylic acid groups (broad SMARTS) is 1. The Morgan fingerprint density at radius 3 is 2.50 bits per heavy atom. The summed E-state index contributed by atoms with van der Waals surface area (Å²) < 4.78 is 11.7. The lowest BCUT2D eigenvalue weighted by molar-refractivity contribution is -0.139. The minimum absolute atomic E-state index is 0.175. The Hall–Kier alpha value is -0.320. The van der Waals surface area contributed by atoms with Crippen LogP contribution in [-0.4, -0.2) is 15.4 Å². The van der Waals surface area contributed by atoms with Crippen LogP contribution in [0.15, 0.2) is 22.7 Å². The van der Waals surface area contributed by atoms with Crippen LogP contribution in [0.4, 0.5) is 4.39 Å². The molecule has 0 amide bonds. The Morgan fingerprint density at radius 2 is 2.12 bits per heavy atom.